The summed E-state index contributed by atoms with van der Waals surface area (Å²) in [5.74, 6) is -0.516. The van der Waals surface area contributed by atoms with Crippen molar-refractivity contribution in [3.05, 3.63) is 123 Å². The minimum absolute atomic E-state index is 0.135. The van der Waals surface area contributed by atoms with Gasteiger partial charge in [0, 0.05) is 24.9 Å². The first-order valence-electron chi connectivity index (χ1n) is 12.5. The fraction of sp³-hybridized carbons (Fsp3) is 0.267. The highest BCUT2D eigenvalue weighted by Crippen LogP contribution is 2.31. The van der Waals surface area contributed by atoms with Crippen LogP contribution in [0.15, 0.2) is 89.9 Å². The second-order valence-corrected chi connectivity index (χ2v) is 9.30. The quantitative estimate of drug-likeness (QED) is 0.345. The summed E-state index contributed by atoms with van der Waals surface area (Å²) in [6.07, 6.45) is 5.06. The number of carboxylic acid groups (broad SMARTS) is 1. The van der Waals surface area contributed by atoms with Crippen LogP contribution in [0.25, 0.3) is 0 Å². The van der Waals surface area contributed by atoms with Crippen molar-refractivity contribution in [3.8, 4) is 5.75 Å². The second-order valence-electron chi connectivity index (χ2n) is 9.30. The van der Waals surface area contributed by atoms with E-state index in [4.69, 9.17) is 4.74 Å². The highest BCUT2D eigenvalue weighted by Gasteiger charge is 2.24. The monoisotopic (exact) mass is 482 g/mol. The van der Waals surface area contributed by atoms with Gasteiger partial charge in [-0.05, 0) is 54.0 Å². The van der Waals surface area contributed by atoms with Crippen LogP contribution in [0.2, 0.25) is 0 Å². The molecule has 0 aliphatic heterocycles. The standard InChI is InChI=1S/C30H30N2O4/c33-29(34)27(36-26-17-9-15-21-10-7-8-16-24(21)26)18-19-32-20-25(31-30(32)35)28(22-11-3-1-4-12-22)23-13-5-2-6-14-23/h1-6,9,11-15,17,20,27-28H,7-8,10,16,18-19H2,(H,31,35)(H,33,34). The summed E-state index contributed by atoms with van der Waals surface area (Å²) in [5, 5.41) is 9.86. The molecule has 36 heavy (non-hydrogen) atoms. The molecule has 5 rings (SSSR count). The van der Waals surface area contributed by atoms with E-state index in [1.54, 1.807) is 10.8 Å². The summed E-state index contributed by atoms with van der Waals surface area (Å²) in [5.41, 5.74) is 4.99. The van der Waals surface area contributed by atoms with E-state index in [1.807, 2.05) is 72.8 Å². The van der Waals surface area contributed by atoms with Crippen LogP contribution >= 0.6 is 0 Å². The van der Waals surface area contributed by atoms with E-state index in [0.29, 0.717) is 5.75 Å². The predicted octanol–water partition coefficient (Wildman–Crippen LogP) is 5.16. The van der Waals surface area contributed by atoms with E-state index in [1.165, 1.54) is 5.56 Å². The first-order valence-corrected chi connectivity index (χ1v) is 12.5. The molecular formula is C30H30N2O4. The molecule has 3 aromatic carbocycles. The van der Waals surface area contributed by atoms with Gasteiger partial charge in [-0.1, -0.05) is 72.8 Å². The minimum Gasteiger partial charge on any atom is -0.479 e. The van der Waals surface area contributed by atoms with Crippen molar-refractivity contribution in [3.63, 3.8) is 0 Å². The molecule has 0 fully saturated rings. The third kappa shape index (κ3) is 5.13. The Kier molecular flexibility index (Phi) is 7.03. The number of carboxylic acids is 1. The molecule has 1 aliphatic rings. The molecule has 1 unspecified atom stereocenters. The number of carbonyl (C=O) groups is 1. The molecule has 4 aromatic rings. The van der Waals surface area contributed by atoms with Crippen molar-refractivity contribution in [2.24, 2.45) is 0 Å². The lowest BCUT2D eigenvalue weighted by atomic mass is 9.89. The summed E-state index contributed by atoms with van der Waals surface area (Å²) < 4.78 is 7.55. The fourth-order valence-corrected chi connectivity index (χ4v) is 5.11. The fourth-order valence-electron chi connectivity index (χ4n) is 5.11. The second kappa shape index (κ2) is 10.7. The van der Waals surface area contributed by atoms with Gasteiger partial charge < -0.3 is 14.8 Å². The van der Waals surface area contributed by atoms with E-state index >= 15 is 0 Å². The normalized spacial score (nSPS) is 13.8. The molecule has 0 amide bonds. The minimum atomic E-state index is -1.04. The zero-order valence-corrected chi connectivity index (χ0v) is 20.1. The first kappa shape index (κ1) is 23.7. The third-order valence-corrected chi connectivity index (χ3v) is 6.91. The van der Waals surface area contributed by atoms with Crippen LogP contribution in [-0.2, 0) is 24.2 Å². The molecule has 6 nitrogen and oxygen atoms in total. The van der Waals surface area contributed by atoms with E-state index in [-0.39, 0.29) is 24.6 Å². The van der Waals surface area contributed by atoms with Crippen molar-refractivity contribution in [2.45, 2.75) is 50.7 Å². The van der Waals surface area contributed by atoms with Gasteiger partial charge in [-0.15, -0.1) is 0 Å². The number of rotatable bonds is 9. The number of ether oxygens (including phenoxy) is 1. The highest BCUT2D eigenvalue weighted by molar-refractivity contribution is 5.72. The van der Waals surface area contributed by atoms with Gasteiger partial charge in [0.1, 0.15) is 5.75 Å². The average molecular weight is 483 g/mol. The number of aromatic nitrogens is 2. The van der Waals surface area contributed by atoms with Crippen molar-refractivity contribution >= 4 is 5.97 Å². The summed E-state index contributed by atoms with van der Waals surface area (Å²) in [4.78, 5) is 27.9. The number of benzene rings is 3. The van der Waals surface area contributed by atoms with Crippen LogP contribution in [0.1, 0.15) is 53.1 Å². The maximum Gasteiger partial charge on any atom is 0.344 e. The number of aryl methyl sites for hydroxylation is 2. The molecule has 1 aromatic heterocycles. The number of imidazole rings is 1. The van der Waals surface area contributed by atoms with Crippen LogP contribution in [0, 0.1) is 0 Å². The Hall–Kier alpha value is -4.06. The Morgan fingerprint density at radius 2 is 1.58 bits per heavy atom. The summed E-state index contributed by atoms with van der Waals surface area (Å²) in [6, 6.07) is 25.9. The van der Waals surface area contributed by atoms with Gasteiger partial charge in [0.15, 0.2) is 6.10 Å². The predicted molar refractivity (Wildman–Crippen MR) is 139 cm³/mol. The molecule has 0 saturated carbocycles. The molecule has 184 valence electrons. The first-order chi connectivity index (χ1) is 17.6. The molecule has 1 atom stereocenters. The van der Waals surface area contributed by atoms with Crippen LogP contribution in [0.3, 0.4) is 0 Å². The lowest BCUT2D eigenvalue weighted by molar-refractivity contribution is -0.145. The van der Waals surface area contributed by atoms with Gasteiger partial charge in [-0.3, -0.25) is 4.57 Å². The zero-order chi connectivity index (χ0) is 24.9. The van der Waals surface area contributed by atoms with E-state index in [2.05, 4.69) is 11.1 Å². The van der Waals surface area contributed by atoms with Crippen molar-refractivity contribution in [1.82, 2.24) is 9.55 Å². The van der Waals surface area contributed by atoms with Gasteiger partial charge in [-0.25, -0.2) is 9.59 Å². The number of fused-ring (bicyclic) bond motifs is 1. The van der Waals surface area contributed by atoms with Crippen LogP contribution in [-0.4, -0.2) is 26.7 Å². The maximum absolute atomic E-state index is 12.9. The summed E-state index contributed by atoms with van der Waals surface area (Å²) >= 11 is 0. The van der Waals surface area contributed by atoms with Crippen LogP contribution < -0.4 is 10.4 Å². The van der Waals surface area contributed by atoms with Gasteiger partial charge in [0.25, 0.3) is 0 Å². The smallest absolute Gasteiger partial charge is 0.344 e. The van der Waals surface area contributed by atoms with E-state index in [9.17, 15) is 14.7 Å². The van der Waals surface area contributed by atoms with Gasteiger partial charge in [-0.2, -0.15) is 0 Å². The maximum atomic E-state index is 12.9. The zero-order valence-electron chi connectivity index (χ0n) is 20.1. The summed E-state index contributed by atoms with van der Waals surface area (Å²) in [7, 11) is 0. The Morgan fingerprint density at radius 3 is 2.25 bits per heavy atom. The molecule has 2 N–H and O–H groups in total. The largest absolute Gasteiger partial charge is 0.479 e. The Balaban J connectivity index is 1.37. The van der Waals surface area contributed by atoms with Crippen molar-refractivity contribution < 1.29 is 14.6 Å². The SMILES string of the molecule is O=C(O)C(CCn1cc(C(c2ccccc2)c2ccccc2)[nH]c1=O)Oc1cccc2c1CCCC2. The summed E-state index contributed by atoms with van der Waals surface area (Å²) in [6.45, 7) is 0.234. The highest BCUT2D eigenvalue weighted by atomic mass is 16.5. The van der Waals surface area contributed by atoms with Gasteiger partial charge >= 0.3 is 11.7 Å². The van der Waals surface area contributed by atoms with E-state index in [0.717, 1.165) is 48.1 Å². The number of hydrogen-bond acceptors (Lipinski definition) is 3. The number of H-pyrrole nitrogens is 1. The van der Waals surface area contributed by atoms with Gasteiger partial charge in [0.2, 0.25) is 0 Å². The topological polar surface area (TPSA) is 84.3 Å². The number of nitrogens with one attached hydrogen (secondary N) is 1. The van der Waals surface area contributed by atoms with Crippen LogP contribution in [0.4, 0.5) is 0 Å². The van der Waals surface area contributed by atoms with Crippen LogP contribution in [0.5, 0.6) is 5.75 Å². The lowest BCUT2D eigenvalue weighted by Gasteiger charge is -2.22. The molecule has 6 heteroatoms. The number of hydrogen-bond donors (Lipinski definition) is 2. The Morgan fingerprint density at radius 1 is 0.917 bits per heavy atom. The van der Waals surface area contributed by atoms with E-state index < -0.39 is 12.1 Å². The number of aliphatic carboxylic acids is 1. The molecule has 1 aliphatic carbocycles. The number of aromatic amines is 1. The average Bonchev–Trinajstić information content (AvgIpc) is 3.27. The Labute approximate surface area is 210 Å². The molecule has 1 heterocycles. The number of nitrogens with zero attached hydrogens (tertiary/aromatic N) is 1. The van der Waals surface area contributed by atoms with Gasteiger partial charge in [0.05, 0.1) is 5.92 Å². The molecule has 0 radical (unpaired) electrons. The van der Waals surface area contributed by atoms with Crippen molar-refractivity contribution in [2.75, 3.05) is 0 Å². The molecule has 0 saturated heterocycles. The Bertz CT molecular complexity index is 1340. The lowest BCUT2D eigenvalue weighted by Crippen LogP contribution is -2.30. The molecule has 0 spiro atoms. The molecule has 0 bridgehead atoms. The van der Waals surface area contributed by atoms with Crippen molar-refractivity contribution in [1.29, 1.82) is 0 Å². The third-order valence-electron chi connectivity index (χ3n) is 6.91. The molecular weight excluding hydrogens is 452 g/mol.